The fourth-order valence-electron chi connectivity index (χ4n) is 7.47. The molecule has 8 unspecified atom stereocenters. The molecule has 6 aliphatic rings. The van der Waals surface area contributed by atoms with Crippen LogP contribution in [0.1, 0.15) is 27.7 Å². The molecule has 0 amide bonds. The monoisotopic (exact) mass is 416 g/mol. The average Bonchev–Trinajstić information content (AvgIpc) is 3.37. The lowest BCUT2D eigenvalue weighted by Crippen LogP contribution is -2.63. The Morgan fingerprint density at radius 2 is 1.93 bits per heavy atom. The zero-order valence-corrected chi connectivity index (χ0v) is 17.8. The van der Waals surface area contributed by atoms with E-state index in [4.69, 9.17) is 19.2 Å². The molecule has 0 aromatic rings. The standard InChI is InChI=1S/C23H28O7/c1-8(2)6-11-23-10(22(3,4)27-5)7-9-12(21(23)26)13-15(23)18(30-29-11)14(17(13)25)19-20(28-19)16(9)24/h6-7,10-15,17-20,25H,1-5H3/t10-,11?,12?,13?,14?,15?,17+,18+,19?,20?,23?/m0/s1. The molecule has 6 rings (SSSR count). The smallest absolute Gasteiger partial charge is 0.190 e. The van der Waals surface area contributed by atoms with Crippen LogP contribution in [-0.4, -0.2) is 59.9 Å². The summed E-state index contributed by atoms with van der Waals surface area (Å²) >= 11 is 0. The van der Waals surface area contributed by atoms with Gasteiger partial charge in [-0.25, -0.2) is 9.78 Å². The second-order valence-electron chi connectivity index (χ2n) is 10.6. The largest absolute Gasteiger partial charge is 0.392 e. The number of Topliss-reactive ketones (excluding diaryl/α,β-unsaturated/α-hetero) is 2. The number of rotatable bonds is 3. The Bertz CT molecular complexity index is 915. The third-order valence-electron chi connectivity index (χ3n) is 8.73. The molecule has 30 heavy (non-hydrogen) atoms. The molecule has 0 radical (unpaired) electrons. The quantitative estimate of drug-likeness (QED) is 0.422. The van der Waals surface area contributed by atoms with Crippen LogP contribution in [0.5, 0.6) is 0 Å². The van der Waals surface area contributed by atoms with Crippen molar-refractivity contribution in [1.29, 1.82) is 0 Å². The summed E-state index contributed by atoms with van der Waals surface area (Å²) in [6.07, 6.45) is 1.01. The molecule has 7 heteroatoms. The van der Waals surface area contributed by atoms with Gasteiger partial charge in [0.1, 0.15) is 24.4 Å². The first-order valence-corrected chi connectivity index (χ1v) is 10.8. The molecule has 162 valence electrons. The van der Waals surface area contributed by atoms with Crippen molar-refractivity contribution in [3.8, 4) is 0 Å². The fraction of sp³-hybridized carbons (Fsp3) is 0.739. The van der Waals surface area contributed by atoms with E-state index in [0.717, 1.165) is 5.57 Å². The Hall–Kier alpha value is -1.38. The third-order valence-corrected chi connectivity index (χ3v) is 8.73. The first kappa shape index (κ1) is 19.3. The molecule has 1 spiro atoms. The van der Waals surface area contributed by atoms with Crippen LogP contribution in [0.4, 0.5) is 0 Å². The Morgan fingerprint density at radius 1 is 1.20 bits per heavy atom. The molecule has 2 heterocycles. The molecule has 3 saturated carbocycles. The van der Waals surface area contributed by atoms with Crippen molar-refractivity contribution in [2.24, 2.45) is 35.0 Å². The number of ether oxygens (including phenoxy) is 2. The first-order chi connectivity index (χ1) is 14.2. The number of carbonyl (C=O) groups excluding carboxylic acids is 2. The highest BCUT2D eigenvalue weighted by Gasteiger charge is 2.82. The Kier molecular flexibility index (Phi) is 3.67. The lowest BCUT2D eigenvalue weighted by Gasteiger charge is -2.54. The number of allylic oxidation sites excluding steroid dienone is 1. The van der Waals surface area contributed by atoms with Gasteiger partial charge in [-0.15, -0.1) is 0 Å². The van der Waals surface area contributed by atoms with Gasteiger partial charge < -0.3 is 14.6 Å². The summed E-state index contributed by atoms with van der Waals surface area (Å²) in [6, 6.07) is 0. The van der Waals surface area contributed by atoms with E-state index in [1.807, 2.05) is 39.8 Å². The maximum atomic E-state index is 14.2. The summed E-state index contributed by atoms with van der Waals surface area (Å²) < 4.78 is 11.6. The maximum Gasteiger partial charge on any atom is 0.190 e. The molecule has 5 fully saturated rings. The highest BCUT2D eigenvalue weighted by molar-refractivity contribution is 6.10. The summed E-state index contributed by atoms with van der Waals surface area (Å²) in [5.41, 5.74) is -0.193. The van der Waals surface area contributed by atoms with Crippen molar-refractivity contribution >= 4 is 11.6 Å². The number of hydrogen-bond donors (Lipinski definition) is 1. The zero-order chi connectivity index (χ0) is 21.3. The second-order valence-corrected chi connectivity index (χ2v) is 10.6. The van der Waals surface area contributed by atoms with Gasteiger partial charge in [0.05, 0.1) is 23.0 Å². The summed E-state index contributed by atoms with van der Waals surface area (Å²) in [4.78, 5) is 39.5. The predicted molar refractivity (Wildman–Crippen MR) is 103 cm³/mol. The van der Waals surface area contributed by atoms with Gasteiger partial charge in [0.15, 0.2) is 11.6 Å². The SMILES string of the molecule is COC(C)(C)[C@@H]1C=C2C(=O)C3OC3C3[C@H](O)C4C2C(=O)C12C(C=C(C)C)OO[C@H]3C42. The Morgan fingerprint density at radius 3 is 2.60 bits per heavy atom. The fourth-order valence-corrected chi connectivity index (χ4v) is 7.47. The van der Waals surface area contributed by atoms with Crippen LogP contribution >= 0.6 is 0 Å². The van der Waals surface area contributed by atoms with E-state index in [1.165, 1.54) is 0 Å². The van der Waals surface area contributed by atoms with Crippen LogP contribution in [0.2, 0.25) is 0 Å². The number of hydrogen-bond acceptors (Lipinski definition) is 7. The summed E-state index contributed by atoms with van der Waals surface area (Å²) in [5, 5.41) is 11.4. The first-order valence-electron chi connectivity index (χ1n) is 10.8. The number of methoxy groups -OCH3 is 1. The van der Waals surface area contributed by atoms with Gasteiger partial charge in [0, 0.05) is 36.4 Å². The van der Waals surface area contributed by atoms with E-state index >= 15 is 0 Å². The van der Waals surface area contributed by atoms with Gasteiger partial charge >= 0.3 is 0 Å². The van der Waals surface area contributed by atoms with Gasteiger partial charge in [-0.3, -0.25) is 9.59 Å². The third kappa shape index (κ3) is 1.95. The molecule has 11 atom stereocenters. The van der Waals surface area contributed by atoms with Gasteiger partial charge in [-0.1, -0.05) is 17.7 Å². The minimum Gasteiger partial charge on any atom is -0.392 e. The highest BCUT2D eigenvalue weighted by Crippen LogP contribution is 2.72. The summed E-state index contributed by atoms with van der Waals surface area (Å²) in [5.74, 6) is -2.20. The number of fused-ring (bicyclic) bond motifs is 4. The Balaban J connectivity index is 1.67. The maximum absolute atomic E-state index is 14.2. The van der Waals surface area contributed by atoms with Crippen LogP contribution in [0.25, 0.3) is 0 Å². The molecular weight excluding hydrogens is 388 g/mol. The zero-order valence-electron chi connectivity index (χ0n) is 17.8. The molecular formula is C23H28O7. The van der Waals surface area contributed by atoms with Crippen molar-refractivity contribution in [2.45, 2.75) is 63.8 Å². The molecule has 4 bridgehead atoms. The molecule has 7 nitrogen and oxygen atoms in total. The number of aliphatic hydroxyl groups excluding tert-OH is 1. The number of epoxide rings is 1. The molecule has 2 saturated heterocycles. The van der Waals surface area contributed by atoms with Crippen molar-refractivity contribution in [3.63, 3.8) is 0 Å². The Labute approximate surface area is 175 Å². The van der Waals surface area contributed by atoms with E-state index in [9.17, 15) is 14.7 Å². The van der Waals surface area contributed by atoms with Crippen LogP contribution in [-0.2, 0) is 28.8 Å². The molecule has 0 aromatic heterocycles. The van der Waals surface area contributed by atoms with Crippen molar-refractivity contribution in [3.05, 3.63) is 23.3 Å². The lowest BCUT2D eigenvalue weighted by atomic mass is 9.54. The van der Waals surface area contributed by atoms with E-state index in [2.05, 4.69) is 0 Å². The van der Waals surface area contributed by atoms with Crippen molar-refractivity contribution in [1.82, 2.24) is 0 Å². The molecule has 2 aliphatic heterocycles. The molecule has 4 aliphatic carbocycles. The van der Waals surface area contributed by atoms with E-state index in [1.54, 1.807) is 7.11 Å². The molecule has 0 aromatic carbocycles. The second kappa shape index (κ2) is 5.70. The topological polar surface area (TPSA) is 94.6 Å². The normalized spacial score (nSPS) is 52.5. The van der Waals surface area contributed by atoms with Crippen LogP contribution in [0, 0.1) is 35.0 Å². The van der Waals surface area contributed by atoms with Gasteiger partial charge in [0.2, 0.25) is 0 Å². The predicted octanol–water partition coefficient (Wildman–Crippen LogP) is 1.39. The van der Waals surface area contributed by atoms with Crippen molar-refractivity contribution in [2.75, 3.05) is 7.11 Å². The minimum atomic E-state index is -0.962. The van der Waals surface area contributed by atoms with Crippen molar-refractivity contribution < 1.29 is 33.9 Å². The van der Waals surface area contributed by atoms with Gasteiger partial charge in [0.25, 0.3) is 0 Å². The number of carbonyl (C=O) groups is 2. The minimum absolute atomic E-state index is 0.0223. The van der Waals surface area contributed by atoms with Crippen LogP contribution in [0.15, 0.2) is 23.3 Å². The summed E-state index contributed by atoms with van der Waals surface area (Å²) in [7, 11) is 1.63. The number of aliphatic hydroxyl groups is 1. The van der Waals surface area contributed by atoms with E-state index in [0.29, 0.717) is 5.57 Å². The van der Waals surface area contributed by atoms with Crippen LogP contribution in [0.3, 0.4) is 0 Å². The van der Waals surface area contributed by atoms with E-state index in [-0.39, 0.29) is 35.4 Å². The molecule has 1 N–H and O–H groups in total. The van der Waals surface area contributed by atoms with Crippen LogP contribution < -0.4 is 0 Å². The lowest BCUT2D eigenvalue weighted by molar-refractivity contribution is -0.410. The highest BCUT2D eigenvalue weighted by atomic mass is 17.2. The van der Waals surface area contributed by atoms with E-state index < -0.39 is 47.3 Å². The average molecular weight is 416 g/mol. The van der Waals surface area contributed by atoms with Gasteiger partial charge in [-0.05, 0) is 27.7 Å². The summed E-state index contributed by atoms with van der Waals surface area (Å²) in [6.45, 7) is 7.81. The number of ketones is 2. The van der Waals surface area contributed by atoms with Gasteiger partial charge in [-0.2, -0.15) is 0 Å².